The molecule has 0 atom stereocenters. The summed E-state index contributed by atoms with van der Waals surface area (Å²) >= 11 is 1.34. The molecule has 0 saturated heterocycles. The highest BCUT2D eigenvalue weighted by molar-refractivity contribution is 7.90. The van der Waals surface area contributed by atoms with E-state index < -0.39 is 21.7 Å². The van der Waals surface area contributed by atoms with E-state index in [1.807, 2.05) is 0 Å². The van der Waals surface area contributed by atoms with Crippen LogP contribution in [0.1, 0.15) is 38.1 Å². The van der Waals surface area contributed by atoms with Crippen molar-refractivity contribution in [2.45, 2.75) is 24.8 Å². The molecule has 0 fully saturated rings. The number of amides is 1. The number of nitrogens with zero attached hydrogens (tertiary/aromatic N) is 1. The number of benzene rings is 1. The van der Waals surface area contributed by atoms with E-state index in [0.717, 1.165) is 29.8 Å². The minimum absolute atomic E-state index is 0.0439. The fourth-order valence-corrected chi connectivity index (χ4v) is 5.44. The molecular weight excluding hydrogens is 400 g/mol. The molecule has 0 bridgehead atoms. The second-order valence-corrected chi connectivity index (χ2v) is 9.63. The van der Waals surface area contributed by atoms with Crippen molar-refractivity contribution < 1.29 is 22.7 Å². The Morgan fingerprint density at radius 1 is 1.29 bits per heavy atom. The van der Waals surface area contributed by atoms with E-state index in [4.69, 9.17) is 4.74 Å². The van der Waals surface area contributed by atoms with Gasteiger partial charge in [0.2, 0.25) is 0 Å². The minimum atomic E-state index is -3.57. The summed E-state index contributed by atoms with van der Waals surface area (Å²) in [4.78, 5) is 28.5. The predicted octanol–water partition coefficient (Wildman–Crippen LogP) is 2.57. The summed E-state index contributed by atoms with van der Waals surface area (Å²) in [6, 6.07) is 6.01. The van der Waals surface area contributed by atoms with Crippen molar-refractivity contribution in [1.82, 2.24) is 4.90 Å². The van der Waals surface area contributed by atoms with Gasteiger partial charge in [0.05, 0.1) is 23.1 Å². The zero-order valence-electron chi connectivity index (χ0n) is 15.9. The maximum atomic E-state index is 12.8. The quantitative estimate of drug-likeness (QED) is 0.745. The average molecular weight is 423 g/mol. The van der Waals surface area contributed by atoms with Gasteiger partial charge in [-0.25, -0.2) is 13.2 Å². The molecule has 2 heterocycles. The number of rotatable bonds is 5. The molecule has 0 saturated carbocycles. The van der Waals surface area contributed by atoms with Crippen LogP contribution < -0.4 is 5.32 Å². The molecule has 7 nitrogen and oxygen atoms in total. The molecule has 1 aromatic heterocycles. The number of carbonyl (C=O) groups excluding carboxylic acids is 2. The highest BCUT2D eigenvalue weighted by Gasteiger charge is 2.29. The lowest BCUT2D eigenvalue weighted by atomic mass is 10.0. The third-order valence-corrected chi connectivity index (χ3v) is 7.02. The van der Waals surface area contributed by atoms with Gasteiger partial charge in [-0.3, -0.25) is 9.69 Å². The first kappa shape index (κ1) is 20.5. The zero-order chi connectivity index (χ0) is 20.5. The highest BCUT2D eigenvalue weighted by Crippen LogP contribution is 2.38. The Kier molecular flexibility index (Phi) is 5.87. The summed E-state index contributed by atoms with van der Waals surface area (Å²) in [6.07, 6.45) is 1.75. The smallest absolute Gasteiger partial charge is 0.341 e. The number of anilines is 1. The Morgan fingerprint density at radius 3 is 2.64 bits per heavy atom. The molecule has 0 radical (unpaired) electrons. The van der Waals surface area contributed by atoms with Crippen molar-refractivity contribution in [3.8, 4) is 0 Å². The van der Waals surface area contributed by atoms with E-state index in [1.54, 1.807) is 12.1 Å². The van der Waals surface area contributed by atoms with Gasteiger partial charge in [0.1, 0.15) is 5.00 Å². The maximum absolute atomic E-state index is 12.8. The molecule has 28 heavy (non-hydrogen) atoms. The first-order valence-electron chi connectivity index (χ1n) is 8.81. The van der Waals surface area contributed by atoms with Gasteiger partial charge in [0.15, 0.2) is 9.84 Å². The lowest BCUT2D eigenvalue weighted by Crippen LogP contribution is -2.30. The van der Waals surface area contributed by atoms with Crippen molar-refractivity contribution in [2.24, 2.45) is 0 Å². The second kappa shape index (κ2) is 8.02. The van der Waals surface area contributed by atoms with Crippen molar-refractivity contribution >= 4 is 38.1 Å². The molecule has 1 aliphatic rings. The van der Waals surface area contributed by atoms with Crippen LogP contribution in [0.5, 0.6) is 0 Å². The lowest BCUT2D eigenvalue weighted by Gasteiger charge is -2.25. The number of nitrogens with one attached hydrogen (secondary N) is 1. The predicted molar refractivity (Wildman–Crippen MR) is 108 cm³/mol. The Balaban J connectivity index is 2.00. The van der Waals surface area contributed by atoms with Crippen LogP contribution in [-0.4, -0.2) is 51.6 Å². The van der Waals surface area contributed by atoms with Crippen LogP contribution in [0.15, 0.2) is 29.2 Å². The Morgan fingerprint density at radius 2 is 2.00 bits per heavy atom. The van der Waals surface area contributed by atoms with E-state index in [-0.39, 0.29) is 10.5 Å². The van der Waals surface area contributed by atoms with Gasteiger partial charge in [0, 0.05) is 24.2 Å². The molecule has 0 aliphatic carbocycles. The first-order chi connectivity index (χ1) is 13.3. The van der Waals surface area contributed by atoms with Crippen molar-refractivity contribution in [3.05, 3.63) is 45.8 Å². The van der Waals surface area contributed by atoms with E-state index in [1.165, 1.54) is 30.6 Å². The van der Waals surface area contributed by atoms with Crippen molar-refractivity contribution in [1.29, 1.82) is 0 Å². The number of ether oxygens (including phenoxy) is 1. The fraction of sp³-hybridized carbons (Fsp3) is 0.368. The molecule has 1 amide bonds. The summed E-state index contributed by atoms with van der Waals surface area (Å²) in [6.45, 7) is 4.50. The standard InChI is InChI=1S/C19H22N2O5S2/c1-4-21-10-9-12-14(11-21)27-18(16(12)19(23)26-2)20-17(22)13-7-5-6-8-15(13)28(3,24)25/h5-8H,4,9-11H2,1-3H3,(H,20,22). The van der Waals surface area contributed by atoms with Gasteiger partial charge in [0.25, 0.3) is 5.91 Å². The molecule has 150 valence electrons. The average Bonchev–Trinajstić information content (AvgIpc) is 3.03. The molecule has 9 heteroatoms. The van der Waals surface area contributed by atoms with E-state index in [0.29, 0.717) is 23.5 Å². The third-order valence-electron chi connectivity index (χ3n) is 4.73. The third kappa shape index (κ3) is 3.96. The first-order valence-corrected chi connectivity index (χ1v) is 11.5. The number of sulfone groups is 1. The number of likely N-dealkylation sites (N-methyl/N-ethyl adjacent to an activating group) is 1. The SMILES string of the molecule is CCN1CCc2c(sc(NC(=O)c3ccccc3S(C)(=O)=O)c2C(=O)OC)C1. The monoisotopic (exact) mass is 422 g/mol. The van der Waals surface area contributed by atoms with E-state index in [9.17, 15) is 18.0 Å². The Hall–Kier alpha value is -2.23. The largest absolute Gasteiger partial charge is 0.465 e. The zero-order valence-corrected chi connectivity index (χ0v) is 17.6. The van der Waals surface area contributed by atoms with Crippen molar-refractivity contribution in [3.63, 3.8) is 0 Å². The fourth-order valence-electron chi connectivity index (χ4n) is 3.28. The van der Waals surface area contributed by atoms with Crippen LogP contribution in [0.2, 0.25) is 0 Å². The van der Waals surface area contributed by atoms with E-state index >= 15 is 0 Å². The Bertz CT molecular complexity index is 1030. The molecule has 1 N–H and O–H groups in total. The molecule has 0 unspecified atom stereocenters. The molecule has 2 aromatic rings. The van der Waals surface area contributed by atoms with Crippen LogP contribution in [0.25, 0.3) is 0 Å². The summed E-state index contributed by atoms with van der Waals surface area (Å²) in [5.74, 6) is -1.08. The maximum Gasteiger partial charge on any atom is 0.341 e. The highest BCUT2D eigenvalue weighted by atomic mass is 32.2. The van der Waals surface area contributed by atoms with Crippen molar-refractivity contribution in [2.75, 3.05) is 31.8 Å². The van der Waals surface area contributed by atoms with E-state index in [2.05, 4.69) is 17.1 Å². The van der Waals surface area contributed by atoms with Crippen LogP contribution in [-0.2, 0) is 27.5 Å². The molecule has 0 spiro atoms. The van der Waals surface area contributed by atoms with Gasteiger partial charge in [-0.1, -0.05) is 19.1 Å². The van der Waals surface area contributed by atoms with Gasteiger partial charge >= 0.3 is 5.97 Å². The summed E-state index contributed by atoms with van der Waals surface area (Å²) < 4.78 is 28.9. The van der Waals surface area contributed by atoms with Gasteiger partial charge in [-0.15, -0.1) is 11.3 Å². The Labute approximate surface area is 168 Å². The summed E-state index contributed by atoms with van der Waals surface area (Å²) in [5, 5.41) is 3.13. The normalized spacial score (nSPS) is 14.4. The number of fused-ring (bicyclic) bond motifs is 1. The molecular formula is C19H22N2O5S2. The number of thiophene rings is 1. The number of hydrogen-bond acceptors (Lipinski definition) is 7. The topological polar surface area (TPSA) is 92.8 Å². The summed E-state index contributed by atoms with van der Waals surface area (Å²) in [7, 11) is -2.27. The van der Waals surface area contributed by atoms with Crippen LogP contribution in [0, 0.1) is 0 Å². The van der Waals surface area contributed by atoms with Crippen LogP contribution in [0.4, 0.5) is 5.00 Å². The van der Waals surface area contributed by atoms with Crippen LogP contribution >= 0.6 is 11.3 Å². The van der Waals surface area contributed by atoms with Gasteiger partial charge < -0.3 is 10.1 Å². The number of methoxy groups -OCH3 is 1. The molecule has 3 rings (SSSR count). The molecule has 1 aliphatic heterocycles. The second-order valence-electron chi connectivity index (χ2n) is 6.54. The minimum Gasteiger partial charge on any atom is -0.465 e. The van der Waals surface area contributed by atoms with Gasteiger partial charge in [-0.2, -0.15) is 0 Å². The number of hydrogen-bond donors (Lipinski definition) is 1. The number of carbonyl (C=O) groups is 2. The van der Waals surface area contributed by atoms with Crippen LogP contribution in [0.3, 0.4) is 0 Å². The lowest BCUT2D eigenvalue weighted by molar-refractivity contribution is 0.0600. The molecule has 1 aromatic carbocycles. The van der Waals surface area contributed by atoms with Gasteiger partial charge in [-0.05, 0) is 30.7 Å². The summed E-state index contributed by atoms with van der Waals surface area (Å²) in [5.41, 5.74) is 1.30. The number of esters is 1.